The van der Waals surface area contributed by atoms with Crippen molar-refractivity contribution in [1.82, 2.24) is 9.88 Å². The second-order valence-electron chi connectivity index (χ2n) is 7.20. The molecule has 0 spiro atoms. The number of carboxylic acid groups (broad SMARTS) is 1. The van der Waals surface area contributed by atoms with Gasteiger partial charge in [-0.25, -0.2) is 0 Å². The zero-order valence-corrected chi connectivity index (χ0v) is 15.5. The third kappa shape index (κ3) is 3.39. The molecule has 1 heterocycles. The number of nitrogens with one attached hydrogen (secondary N) is 1. The minimum absolute atomic E-state index is 0.121. The Balaban J connectivity index is 1.83. The van der Waals surface area contributed by atoms with Gasteiger partial charge >= 0.3 is 5.97 Å². The van der Waals surface area contributed by atoms with Gasteiger partial charge in [-0.05, 0) is 45.2 Å². The summed E-state index contributed by atoms with van der Waals surface area (Å²) >= 11 is 0. The molecule has 1 fully saturated rings. The first kappa shape index (κ1) is 18.2. The molecule has 3 rings (SSSR count). The molecular formula is C21H26N2O3. The Labute approximate surface area is 154 Å². The first-order valence-corrected chi connectivity index (χ1v) is 9.17. The number of nitrogens with zero attached hydrogens (tertiary/aromatic N) is 1. The quantitative estimate of drug-likeness (QED) is 0.860. The molecule has 2 N–H and O–H groups in total. The molecule has 1 amide bonds. The summed E-state index contributed by atoms with van der Waals surface area (Å²) in [6.45, 7) is 6.07. The number of carbonyl (C=O) groups excluding carboxylic acids is 1. The number of benzene rings is 1. The molecular weight excluding hydrogens is 328 g/mol. The molecule has 0 saturated heterocycles. The van der Waals surface area contributed by atoms with E-state index in [4.69, 9.17) is 0 Å². The fourth-order valence-electron chi connectivity index (χ4n) is 4.16. The van der Waals surface area contributed by atoms with Crippen LogP contribution in [-0.2, 0) is 4.79 Å². The Morgan fingerprint density at radius 2 is 1.88 bits per heavy atom. The number of hydrogen-bond donors (Lipinski definition) is 2. The van der Waals surface area contributed by atoms with E-state index in [0.29, 0.717) is 12.0 Å². The van der Waals surface area contributed by atoms with E-state index in [2.05, 4.69) is 28.9 Å². The summed E-state index contributed by atoms with van der Waals surface area (Å²) in [6.07, 6.45) is 2.19. The van der Waals surface area contributed by atoms with Gasteiger partial charge in [0.2, 0.25) is 0 Å². The maximum atomic E-state index is 12.8. The lowest BCUT2D eigenvalue weighted by molar-refractivity contribution is -0.142. The highest BCUT2D eigenvalue weighted by Gasteiger charge is 2.34. The van der Waals surface area contributed by atoms with Crippen LogP contribution in [0.4, 0.5) is 0 Å². The van der Waals surface area contributed by atoms with Crippen molar-refractivity contribution in [2.75, 3.05) is 0 Å². The molecule has 1 aliphatic rings. The molecule has 1 aromatic carbocycles. The Hall–Kier alpha value is -2.56. The molecule has 1 unspecified atom stereocenters. The predicted molar refractivity (Wildman–Crippen MR) is 100 cm³/mol. The minimum Gasteiger partial charge on any atom is -0.481 e. The van der Waals surface area contributed by atoms with Gasteiger partial charge in [0.1, 0.15) is 0 Å². The van der Waals surface area contributed by atoms with E-state index < -0.39 is 11.9 Å². The maximum absolute atomic E-state index is 12.8. The Kier molecular flexibility index (Phi) is 5.16. The van der Waals surface area contributed by atoms with Crippen LogP contribution < -0.4 is 5.32 Å². The first-order chi connectivity index (χ1) is 12.4. The number of rotatable bonds is 5. The van der Waals surface area contributed by atoms with Crippen molar-refractivity contribution in [2.45, 2.75) is 52.1 Å². The van der Waals surface area contributed by atoms with Gasteiger partial charge in [0.05, 0.1) is 17.5 Å². The van der Waals surface area contributed by atoms with Gasteiger partial charge in [0.25, 0.3) is 5.91 Å². The van der Waals surface area contributed by atoms with Crippen LogP contribution in [0, 0.1) is 19.8 Å². The first-order valence-electron chi connectivity index (χ1n) is 9.17. The van der Waals surface area contributed by atoms with E-state index in [1.807, 2.05) is 38.1 Å². The number of amides is 1. The highest BCUT2D eigenvalue weighted by molar-refractivity contribution is 5.96. The average molecular weight is 354 g/mol. The topological polar surface area (TPSA) is 71.3 Å². The van der Waals surface area contributed by atoms with E-state index in [1.165, 1.54) is 5.56 Å². The van der Waals surface area contributed by atoms with E-state index in [-0.39, 0.29) is 18.0 Å². The van der Waals surface area contributed by atoms with Crippen molar-refractivity contribution >= 4 is 11.9 Å². The normalized spacial score (nSPS) is 20.7. The average Bonchev–Trinajstić information content (AvgIpc) is 3.19. The molecule has 5 nitrogen and oxygen atoms in total. The van der Waals surface area contributed by atoms with Crippen molar-refractivity contribution in [3.63, 3.8) is 0 Å². The molecule has 3 atom stereocenters. The molecule has 1 aromatic heterocycles. The Bertz CT molecular complexity index is 810. The van der Waals surface area contributed by atoms with Gasteiger partial charge < -0.3 is 15.0 Å². The SMILES string of the molecule is Cc1cc(C(=O)N[C@@H]2CCC[C@@H]2C(=O)O)c(C)n1C(C)c1ccccc1. The van der Waals surface area contributed by atoms with Crippen LogP contribution in [-0.4, -0.2) is 27.6 Å². The summed E-state index contributed by atoms with van der Waals surface area (Å²) in [6, 6.07) is 11.9. The Morgan fingerprint density at radius 3 is 2.54 bits per heavy atom. The van der Waals surface area contributed by atoms with Gasteiger partial charge in [-0.2, -0.15) is 0 Å². The number of aryl methyl sites for hydroxylation is 1. The summed E-state index contributed by atoms with van der Waals surface area (Å²) in [4.78, 5) is 24.1. The van der Waals surface area contributed by atoms with Gasteiger partial charge in [0, 0.05) is 17.4 Å². The highest BCUT2D eigenvalue weighted by atomic mass is 16.4. The third-order valence-electron chi connectivity index (χ3n) is 5.55. The van der Waals surface area contributed by atoms with E-state index in [0.717, 1.165) is 24.2 Å². The van der Waals surface area contributed by atoms with Gasteiger partial charge in [-0.1, -0.05) is 36.8 Å². The largest absolute Gasteiger partial charge is 0.481 e. The number of aliphatic carboxylic acids is 1. The molecule has 138 valence electrons. The lowest BCUT2D eigenvalue weighted by atomic mass is 10.0. The Morgan fingerprint density at radius 1 is 1.19 bits per heavy atom. The minimum atomic E-state index is -0.823. The second-order valence-corrected chi connectivity index (χ2v) is 7.20. The zero-order valence-electron chi connectivity index (χ0n) is 15.5. The van der Waals surface area contributed by atoms with Crippen LogP contribution >= 0.6 is 0 Å². The van der Waals surface area contributed by atoms with Crippen molar-refractivity contribution in [1.29, 1.82) is 0 Å². The summed E-state index contributed by atoms with van der Waals surface area (Å²) in [5, 5.41) is 12.3. The van der Waals surface area contributed by atoms with Crippen LogP contribution in [0.2, 0.25) is 0 Å². The van der Waals surface area contributed by atoms with Gasteiger partial charge in [-0.15, -0.1) is 0 Å². The smallest absolute Gasteiger partial charge is 0.308 e. The van der Waals surface area contributed by atoms with Crippen LogP contribution in [0.1, 0.15) is 59.5 Å². The molecule has 26 heavy (non-hydrogen) atoms. The number of aromatic nitrogens is 1. The van der Waals surface area contributed by atoms with Crippen LogP contribution in [0.25, 0.3) is 0 Å². The molecule has 0 bridgehead atoms. The second kappa shape index (κ2) is 7.36. The summed E-state index contributed by atoms with van der Waals surface area (Å²) < 4.78 is 2.16. The van der Waals surface area contributed by atoms with E-state index >= 15 is 0 Å². The van der Waals surface area contributed by atoms with E-state index in [9.17, 15) is 14.7 Å². The van der Waals surface area contributed by atoms with Crippen LogP contribution in [0.5, 0.6) is 0 Å². The molecule has 1 aliphatic carbocycles. The van der Waals surface area contributed by atoms with E-state index in [1.54, 1.807) is 0 Å². The van der Waals surface area contributed by atoms with Gasteiger partial charge in [-0.3, -0.25) is 9.59 Å². The molecule has 1 saturated carbocycles. The molecule has 0 radical (unpaired) electrons. The van der Waals surface area contributed by atoms with Gasteiger partial charge in [0.15, 0.2) is 0 Å². The van der Waals surface area contributed by atoms with Crippen molar-refractivity contribution < 1.29 is 14.7 Å². The zero-order chi connectivity index (χ0) is 18.8. The highest BCUT2D eigenvalue weighted by Crippen LogP contribution is 2.28. The fourth-order valence-corrected chi connectivity index (χ4v) is 4.16. The fraction of sp³-hybridized carbons (Fsp3) is 0.429. The lowest BCUT2D eigenvalue weighted by Crippen LogP contribution is -2.40. The number of carboxylic acids is 1. The maximum Gasteiger partial charge on any atom is 0.308 e. The number of carbonyl (C=O) groups is 2. The molecule has 5 heteroatoms. The van der Waals surface area contributed by atoms with Crippen LogP contribution in [0.15, 0.2) is 36.4 Å². The standard InChI is InChI=1S/C21H26N2O3/c1-13-12-18(20(24)22-19-11-7-10-17(19)21(25)26)15(3)23(13)14(2)16-8-5-4-6-9-16/h4-6,8-9,12,14,17,19H,7,10-11H2,1-3H3,(H,22,24)(H,25,26)/t14?,17-,19+/m0/s1. The number of hydrogen-bond acceptors (Lipinski definition) is 2. The predicted octanol–water partition coefficient (Wildman–Crippen LogP) is 3.70. The summed E-state index contributed by atoms with van der Waals surface area (Å²) in [7, 11) is 0. The summed E-state index contributed by atoms with van der Waals surface area (Å²) in [5.74, 6) is -1.48. The van der Waals surface area contributed by atoms with Crippen molar-refractivity contribution in [3.8, 4) is 0 Å². The lowest BCUT2D eigenvalue weighted by Gasteiger charge is -2.20. The van der Waals surface area contributed by atoms with Crippen molar-refractivity contribution in [3.05, 3.63) is 58.9 Å². The molecule has 2 aromatic rings. The van der Waals surface area contributed by atoms with Crippen molar-refractivity contribution in [2.24, 2.45) is 5.92 Å². The summed E-state index contributed by atoms with van der Waals surface area (Å²) in [5.41, 5.74) is 3.73. The monoisotopic (exact) mass is 354 g/mol. The third-order valence-corrected chi connectivity index (χ3v) is 5.55. The van der Waals surface area contributed by atoms with Crippen LogP contribution in [0.3, 0.4) is 0 Å². The molecule has 0 aliphatic heterocycles.